The Balaban J connectivity index is 2.05. The molecule has 0 bridgehead atoms. The lowest BCUT2D eigenvalue weighted by atomic mass is 10.2. The number of aryl methyl sites for hydroxylation is 1. The molecule has 0 saturated heterocycles. The number of carbonyl (C=O) groups is 1. The molecule has 1 N–H and O–H groups in total. The quantitative estimate of drug-likeness (QED) is 0.858. The van der Waals surface area contributed by atoms with Crippen LogP contribution < -0.4 is 0 Å². The van der Waals surface area contributed by atoms with Crippen LogP contribution in [-0.4, -0.2) is 36.1 Å². The van der Waals surface area contributed by atoms with Crippen molar-refractivity contribution in [2.75, 3.05) is 20.2 Å². The number of amides is 1. The van der Waals surface area contributed by atoms with Crippen LogP contribution >= 0.6 is 11.3 Å². The first-order chi connectivity index (χ1) is 9.11. The molecule has 3 nitrogen and oxygen atoms in total. The molecule has 0 aliphatic heterocycles. The lowest BCUT2D eigenvalue weighted by molar-refractivity contribution is 0.0793. The molecule has 0 aromatic carbocycles. The second kappa shape index (κ2) is 6.23. The zero-order chi connectivity index (χ0) is 13.8. The molecule has 1 amide bonds. The Kier molecular flexibility index (Phi) is 4.62. The van der Waals surface area contributed by atoms with E-state index in [0.717, 1.165) is 21.9 Å². The van der Waals surface area contributed by atoms with Crippen LogP contribution in [0.25, 0.3) is 0 Å². The fourth-order valence-corrected chi connectivity index (χ4v) is 2.91. The standard InChI is InChI=1S/C15H19NO2S/c1-11-9-14(19-13(11)5-3-4-8-17)15(18)16(2)10-12-6-7-12/h9,12,17H,4,6-8,10H2,1-2H3. The normalized spacial score (nSPS) is 13.8. The van der Waals surface area contributed by atoms with Crippen LogP contribution in [0.5, 0.6) is 0 Å². The molecular weight excluding hydrogens is 258 g/mol. The van der Waals surface area contributed by atoms with E-state index in [1.165, 1.54) is 24.2 Å². The average Bonchev–Trinajstić information content (AvgIpc) is 3.12. The SMILES string of the molecule is Cc1cc(C(=O)N(C)CC2CC2)sc1C#CCCO. The Morgan fingerprint density at radius 3 is 2.95 bits per heavy atom. The molecule has 1 saturated carbocycles. The maximum absolute atomic E-state index is 12.3. The number of rotatable bonds is 4. The average molecular weight is 277 g/mol. The summed E-state index contributed by atoms with van der Waals surface area (Å²) in [5.74, 6) is 6.72. The van der Waals surface area contributed by atoms with Crippen molar-refractivity contribution in [3.8, 4) is 11.8 Å². The Bertz CT molecular complexity index is 520. The number of thiophene rings is 1. The van der Waals surface area contributed by atoms with Gasteiger partial charge in [0.2, 0.25) is 0 Å². The Labute approximate surface area is 118 Å². The predicted octanol–water partition coefficient (Wildman–Crippen LogP) is 2.27. The van der Waals surface area contributed by atoms with Crippen molar-refractivity contribution in [1.82, 2.24) is 4.90 Å². The smallest absolute Gasteiger partial charge is 0.263 e. The van der Waals surface area contributed by atoms with Gasteiger partial charge < -0.3 is 10.0 Å². The van der Waals surface area contributed by atoms with Crippen molar-refractivity contribution in [3.05, 3.63) is 21.4 Å². The Hall–Kier alpha value is -1.31. The third kappa shape index (κ3) is 3.82. The van der Waals surface area contributed by atoms with Crippen molar-refractivity contribution in [3.63, 3.8) is 0 Å². The minimum atomic E-state index is 0.0767. The first-order valence-corrected chi connectivity index (χ1v) is 7.39. The van der Waals surface area contributed by atoms with E-state index in [1.807, 2.05) is 24.9 Å². The lowest BCUT2D eigenvalue weighted by Crippen LogP contribution is -2.27. The molecule has 0 unspecified atom stereocenters. The van der Waals surface area contributed by atoms with Crippen molar-refractivity contribution < 1.29 is 9.90 Å². The van der Waals surface area contributed by atoms with E-state index in [9.17, 15) is 4.79 Å². The summed E-state index contributed by atoms with van der Waals surface area (Å²) in [7, 11) is 1.87. The van der Waals surface area contributed by atoms with E-state index in [0.29, 0.717) is 12.3 Å². The maximum atomic E-state index is 12.3. The Morgan fingerprint density at radius 2 is 2.32 bits per heavy atom. The highest BCUT2D eigenvalue weighted by Crippen LogP contribution is 2.30. The molecule has 4 heteroatoms. The zero-order valence-electron chi connectivity index (χ0n) is 11.4. The number of carbonyl (C=O) groups excluding carboxylic acids is 1. The van der Waals surface area contributed by atoms with Crippen LogP contribution in [-0.2, 0) is 0 Å². The summed E-state index contributed by atoms with van der Waals surface area (Å²) in [4.78, 5) is 15.8. The van der Waals surface area contributed by atoms with Crippen molar-refractivity contribution >= 4 is 17.2 Å². The number of nitrogens with zero attached hydrogens (tertiary/aromatic N) is 1. The molecular formula is C15H19NO2S. The fraction of sp³-hybridized carbons (Fsp3) is 0.533. The van der Waals surface area contributed by atoms with Gasteiger partial charge in [-0.05, 0) is 37.3 Å². The zero-order valence-corrected chi connectivity index (χ0v) is 12.2. The minimum absolute atomic E-state index is 0.0767. The summed E-state index contributed by atoms with van der Waals surface area (Å²) in [6.45, 7) is 2.91. The molecule has 0 radical (unpaired) electrons. The molecule has 1 aliphatic carbocycles. The highest BCUT2D eigenvalue weighted by atomic mass is 32.1. The molecule has 0 atom stereocenters. The number of aliphatic hydroxyl groups excluding tert-OH is 1. The van der Waals surface area contributed by atoms with Gasteiger partial charge in [0.15, 0.2) is 0 Å². The van der Waals surface area contributed by atoms with Gasteiger partial charge >= 0.3 is 0 Å². The minimum Gasteiger partial charge on any atom is -0.395 e. The summed E-state index contributed by atoms with van der Waals surface area (Å²) >= 11 is 1.45. The summed E-state index contributed by atoms with van der Waals surface area (Å²) < 4.78 is 0. The van der Waals surface area contributed by atoms with Crippen molar-refractivity contribution in [2.45, 2.75) is 26.2 Å². The van der Waals surface area contributed by atoms with E-state index in [1.54, 1.807) is 0 Å². The number of hydrogen-bond acceptors (Lipinski definition) is 3. The van der Waals surface area contributed by atoms with Gasteiger partial charge in [-0.2, -0.15) is 0 Å². The van der Waals surface area contributed by atoms with E-state index < -0.39 is 0 Å². The molecule has 1 aromatic heterocycles. The van der Waals surface area contributed by atoms with Crippen LogP contribution in [0.2, 0.25) is 0 Å². The topological polar surface area (TPSA) is 40.5 Å². The van der Waals surface area contributed by atoms with Crippen LogP contribution in [0.1, 0.15) is 39.4 Å². The summed E-state index contributed by atoms with van der Waals surface area (Å²) in [6.07, 6.45) is 2.97. The summed E-state index contributed by atoms with van der Waals surface area (Å²) in [5, 5.41) is 8.71. The maximum Gasteiger partial charge on any atom is 0.263 e. The van der Waals surface area contributed by atoms with Gasteiger partial charge in [-0.25, -0.2) is 0 Å². The van der Waals surface area contributed by atoms with Crippen molar-refractivity contribution in [1.29, 1.82) is 0 Å². The fourth-order valence-electron chi connectivity index (χ4n) is 1.87. The third-order valence-corrected chi connectivity index (χ3v) is 4.28. The predicted molar refractivity (Wildman–Crippen MR) is 77.3 cm³/mol. The Morgan fingerprint density at radius 1 is 1.58 bits per heavy atom. The van der Waals surface area contributed by atoms with Gasteiger partial charge in [0.25, 0.3) is 5.91 Å². The number of aliphatic hydroxyl groups is 1. The van der Waals surface area contributed by atoms with Gasteiger partial charge in [0.05, 0.1) is 16.4 Å². The van der Waals surface area contributed by atoms with Crippen LogP contribution in [0, 0.1) is 24.7 Å². The van der Waals surface area contributed by atoms with Crippen LogP contribution in [0.15, 0.2) is 6.07 Å². The summed E-state index contributed by atoms with van der Waals surface area (Å²) in [6, 6.07) is 1.92. The highest BCUT2D eigenvalue weighted by Gasteiger charge is 2.26. The monoisotopic (exact) mass is 277 g/mol. The van der Waals surface area contributed by atoms with E-state index in [-0.39, 0.29) is 12.5 Å². The van der Waals surface area contributed by atoms with E-state index >= 15 is 0 Å². The molecule has 1 fully saturated rings. The van der Waals surface area contributed by atoms with E-state index in [4.69, 9.17) is 5.11 Å². The molecule has 1 aliphatic rings. The van der Waals surface area contributed by atoms with E-state index in [2.05, 4.69) is 11.8 Å². The first kappa shape index (κ1) is 14.1. The number of hydrogen-bond donors (Lipinski definition) is 1. The van der Waals surface area contributed by atoms with Gasteiger partial charge in [0.1, 0.15) is 0 Å². The summed E-state index contributed by atoms with van der Waals surface area (Å²) in [5.41, 5.74) is 1.04. The lowest BCUT2D eigenvalue weighted by Gasteiger charge is -2.15. The van der Waals surface area contributed by atoms with Crippen LogP contribution in [0.4, 0.5) is 0 Å². The van der Waals surface area contributed by atoms with Gasteiger partial charge in [-0.1, -0.05) is 11.8 Å². The second-order valence-corrected chi connectivity index (χ2v) is 6.08. The van der Waals surface area contributed by atoms with Gasteiger partial charge in [-0.15, -0.1) is 11.3 Å². The molecule has 2 rings (SSSR count). The second-order valence-electron chi connectivity index (χ2n) is 5.03. The largest absolute Gasteiger partial charge is 0.395 e. The van der Waals surface area contributed by atoms with Gasteiger partial charge in [0, 0.05) is 20.0 Å². The van der Waals surface area contributed by atoms with Gasteiger partial charge in [-0.3, -0.25) is 4.79 Å². The molecule has 102 valence electrons. The van der Waals surface area contributed by atoms with Crippen LogP contribution in [0.3, 0.4) is 0 Å². The molecule has 1 heterocycles. The highest BCUT2D eigenvalue weighted by molar-refractivity contribution is 7.14. The first-order valence-electron chi connectivity index (χ1n) is 6.57. The molecule has 0 spiro atoms. The third-order valence-electron chi connectivity index (χ3n) is 3.14. The van der Waals surface area contributed by atoms with Crippen molar-refractivity contribution in [2.24, 2.45) is 5.92 Å². The molecule has 19 heavy (non-hydrogen) atoms. The molecule has 1 aromatic rings.